The monoisotopic (exact) mass is 544 g/mol. The van der Waals surface area contributed by atoms with Crippen LogP contribution in [0.1, 0.15) is 27.2 Å². The van der Waals surface area contributed by atoms with Gasteiger partial charge < -0.3 is 0 Å². The van der Waals surface area contributed by atoms with Crippen LogP contribution in [0, 0.1) is 0 Å². The molecule has 0 radical (unpaired) electrons. The van der Waals surface area contributed by atoms with Crippen molar-refractivity contribution in [2.24, 2.45) is 0 Å². The summed E-state index contributed by atoms with van der Waals surface area (Å²) in [4.78, 5) is 12.7. The van der Waals surface area contributed by atoms with E-state index in [0.29, 0.717) is 6.61 Å². The zero-order valence-electron chi connectivity index (χ0n) is 19.2. The number of alkyl halides is 1. The molecule has 1 fully saturated rings. The van der Waals surface area contributed by atoms with Crippen LogP contribution in [-0.4, -0.2) is 44.8 Å². The summed E-state index contributed by atoms with van der Waals surface area (Å²) < 4.78 is 21.8. The third kappa shape index (κ3) is 5.06. The summed E-state index contributed by atoms with van der Waals surface area (Å²) in [6, 6.07) is 30.4. The van der Waals surface area contributed by atoms with Crippen molar-refractivity contribution in [3.63, 3.8) is 0 Å². The standard InChI is InChI=1S/C27H29FO2SSeSi/c1-26(2,3)33(23-15-9-5-10-16-23,24-17-11-6-12-18-24)30-20-21-19-27(28,25(29)31-21)32-22-13-7-4-8-14-22/h4-18,21H,19-20H2,1-3H3/t21-,27+/m0/s1. The number of thioether (sulfide) groups is 1. The maximum absolute atomic E-state index is 15.8. The molecule has 0 unspecified atom stereocenters. The molecule has 0 N–H and O–H groups in total. The molecule has 6 heteroatoms. The van der Waals surface area contributed by atoms with Crippen molar-refractivity contribution in [1.29, 1.82) is 0 Å². The van der Waals surface area contributed by atoms with Crippen LogP contribution in [0.15, 0.2) is 91.0 Å². The number of carbonyl (C=O) groups is 1. The van der Waals surface area contributed by atoms with Gasteiger partial charge >= 0.3 is 208 Å². The van der Waals surface area contributed by atoms with Gasteiger partial charge in [-0.25, -0.2) is 0 Å². The Balaban J connectivity index is 1.61. The molecule has 1 saturated heterocycles. The normalized spacial score (nSPS) is 21.3. The van der Waals surface area contributed by atoms with Crippen molar-refractivity contribution in [2.75, 3.05) is 6.61 Å². The minimum atomic E-state index is -2.70. The average molecular weight is 544 g/mol. The van der Waals surface area contributed by atoms with E-state index in [2.05, 4.69) is 69.3 Å². The summed E-state index contributed by atoms with van der Waals surface area (Å²) in [7, 11) is -2.70. The molecular weight excluding hydrogens is 514 g/mol. The van der Waals surface area contributed by atoms with Gasteiger partial charge in [-0.1, -0.05) is 0 Å². The fourth-order valence-electron chi connectivity index (χ4n) is 4.49. The molecule has 1 aliphatic heterocycles. The minimum absolute atomic E-state index is 0.149. The predicted molar refractivity (Wildman–Crippen MR) is 140 cm³/mol. The van der Waals surface area contributed by atoms with Crippen molar-refractivity contribution in [3.05, 3.63) is 91.0 Å². The number of hydrogen-bond acceptors (Lipinski definition) is 3. The van der Waals surface area contributed by atoms with Gasteiger partial charge in [0.25, 0.3) is 0 Å². The Hall–Kier alpha value is -1.69. The number of halogens is 1. The Bertz CT molecular complexity index is 1040. The van der Waals surface area contributed by atoms with Crippen LogP contribution < -0.4 is 14.8 Å². The summed E-state index contributed by atoms with van der Waals surface area (Å²) in [6.07, 6.45) is 0.212. The maximum atomic E-state index is 15.8. The zero-order chi connectivity index (χ0) is 23.5. The van der Waals surface area contributed by atoms with E-state index in [1.54, 1.807) is 0 Å². The molecule has 3 aromatic rings. The number of benzene rings is 3. The predicted octanol–water partition coefficient (Wildman–Crippen LogP) is 4.29. The van der Waals surface area contributed by atoms with Crippen molar-refractivity contribution < 1.29 is 13.6 Å². The molecule has 0 spiro atoms. The first-order chi connectivity index (χ1) is 15.7. The van der Waals surface area contributed by atoms with E-state index in [4.69, 9.17) is 4.43 Å². The molecule has 2 nitrogen and oxygen atoms in total. The summed E-state index contributed by atoms with van der Waals surface area (Å²) in [6.45, 7) is 7.04. The Kier molecular flexibility index (Phi) is 7.32. The van der Waals surface area contributed by atoms with Crippen LogP contribution in [-0.2, 0) is 9.22 Å². The quantitative estimate of drug-likeness (QED) is 0.416. The van der Waals surface area contributed by atoms with E-state index < -0.39 is 27.8 Å². The van der Waals surface area contributed by atoms with Gasteiger partial charge in [0.05, 0.1) is 0 Å². The number of rotatable bonds is 7. The van der Waals surface area contributed by atoms with Crippen molar-refractivity contribution >= 4 is 55.0 Å². The van der Waals surface area contributed by atoms with Gasteiger partial charge in [0, 0.05) is 0 Å². The molecule has 4 rings (SSSR count). The van der Waals surface area contributed by atoms with Gasteiger partial charge in [-0.05, 0) is 0 Å². The van der Waals surface area contributed by atoms with Crippen molar-refractivity contribution in [1.82, 2.24) is 0 Å². The first kappa shape index (κ1) is 24.4. The zero-order valence-corrected chi connectivity index (χ0v) is 22.7. The topological polar surface area (TPSA) is 26.3 Å². The van der Waals surface area contributed by atoms with E-state index >= 15 is 4.39 Å². The number of hydrogen-bond donors (Lipinski definition) is 0. The van der Waals surface area contributed by atoms with Crippen LogP contribution in [0.25, 0.3) is 0 Å². The molecular formula is C27H29FO2SSeSi. The fourth-order valence-corrected chi connectivity index (χ4v) is 13.2. The van der Waals surface area contributed by atoms with Gasteiger partial charge in [-0.2, -0.15) is 0 Å². The van der Waals surface area contributed by atoms with Crippen molar-refractivity contribution in [2.45, 2.75) is 42.0 Å². The third-order valence-corrected chi connectivity index (χ3v) is 14.9. The van der Waals surface area contributed by atoms with Gasteiger partial charge in [0.15, 0.2) is 0 Å². The summed E-state index contributed by atoms with van der Waals surface area (Å²) in [5.74, 6) is 0. The molecule has 0 aromatic heterocycles. The molecule has 33 heavy (non-hydrogen) atoms. The fraction of sp³-hybridized carbons (Fsp3) is 0.296. The van der Waals surface area contributed by atoms with Gasteiger partial charge in [0.1, 0.15) is 0 Å². The Morgan fingerprint density at radius 1 is 0.939 bits per heavy atom. The molecule has 1 heterocycles. The molecule has 0 bridgehead atoms. The van der Waals surface area contributed by atoms with Gasteiger partial charge in [-0.15, -0.1) is 0 Å². The van der Waals surface area contributed by atoms with Crippen LogP contribution in [0.4, 0.5) is 4.39 Å². The molecule has 2 atom stereocenters. The molecule has 1 aliphatic rings. The molecule has 0 amide bonds. The Labute approximate surface area is 207 Å². The second-order valence-electron chi connectivity index (χ2n) is 9.35. The van der Waals surface area contributed by atoms with E-state index in [9.17, 15) is 4.79 Å². The second kappa shape index (κ2) is 9.89. The van der Waals surface area contributed by atoms with E-state index in [0.717, 1.165) is 16.2 Å². The van der Waals surface area contributed by atoms with E-state index in [1.165, 1.54) is 10.4 Å². The summed E-state index contributed by atoms with van der Waals surface area (Å²) >= 11 is 0.581. The van der Waals surface area contributed by atoms with Gasteiger partial charge in [-0.3, -0.25) is 0 Å². The first-order valence-electron chi connectivity index (χ1n) is 11.1. The second-order valence-corrected chi connectivity index (χ2v) is 17.7. The van der Waals surface area contributed by atoms with Gasteiger partial charge in [0.2, 0.25) is 0 Å². The summed E-state index contributed by atoms with van der Waals surface area (Å²) in [5, 5.41) is 1.71. The molecule has 0 aliphatic carbocycles. The molecule has 0 saturated carbocycles. The Morgan fingerprint density at radius 3 is 1.91 bits per heavy atom. The number of carbonyl (C=O) groups excluding carboxylic acids is 1. The van der Waals surface area contributed by atoms with Crippen molar-refractivity contribution in [3.8, 4) is 0 Å². The third-order valence-electron chi connectivity index (χ3n) is 5.99. The average Bonchev–Trinajstić information content (AvgIpc) is 3.08. The van der Waals surface area contributed by atoms with Crippen LogP contribution >= 0.6 is 11.8 Å². The van der Waals surface area contributed by atoms with Crippen LogP contribution in [0.3, 0.4) is 0 Å². The SMILES string of the molecule is CC(C)(C)[Si](OC[C@@H]1C[C@@](F)([Se]c2ccccc2)C(=O)S1)(c1ccccc1)c1ccccc1. The van der Waals surface area contributed by atoms with Crippen LogP contribution in [0.5, 0.6) is 0 Å². The molecule has 3 aromatic carbocycles. The van der Waals surface area contributed by atoms with E-state index in [-0.39, 0.29) is 21.8 Å². The Morgan fingerprint density at radius 2 is 1.42 bits per heavy atom. The van der Waals surface area contributed by atoms with Crippen LogP contribution in [0.2, 0.25) is 5.04 Å². The van der Waals surface area contributed by atoms with E-state index in [1.807, 2.05) is 42.5 Å². The first-order valence-corrected chi connectivity index (χ1v) is 15.6. The summed E-state index contributed by atoms with van der Waals surface area (Å²) in [5.41, 5.74) is 0. The molecule has 172 valence electrons.